The van der Waals surface area contributed by atoms with Crippen LogP contribution in [0.1, 0.15) is 22.3 Å². The van der Waals surface area contributed by atoms with Crippen molar-refractivity contribution in [1.29, 1.82) is 0 Å². The molecule has 2 rings (SSSR count). The third-order valence-electron chi connectivity index (χ3n) is 3.61. The summed E-state index contributed by atoms with van der Waals surface area (Å²) in [4.78, 5) is 16.9. The molecule has 0 heterocycles. The van der Waals surface area contributed by atoms with Crippen LogP contribution in [-0.2, 0) is 16.2 Å². The highest BCUT2D eigenvalue weighted by Gasteiger charge is 2.17. The van der Waals surface area contributed by atoms with Gasteiger partial charge in [-0.25, -0.2) is 0 Å². The lowest BCUT2D eigenvalue weighted by Crippen LogP contribution is -2.29. The van der Waals surface area contributed by atoms with Gasteiger partial charge in [-0.05, 0) is 31.0 Å². The maximum atomic E-state index is 12.1. The Hall–Kier alpha value is -2.82. The van der Waals surface area contributed by atoms with Crippen molar-refractivity contribution < 1.29 is 14.4 Å². The van der Waals surface area contributed by atoms with Gasteiger partial charge in [-0.2, -0.15) is 0 Å². The molecule has 0 spiro atoms. The highest BCUT2D eigenvalue weighted by atomic mass is 16.6. The number of likely N-dealkylation sites (N-methyl/N-ethyl adjacent to an activating group) is 1. The van der Waals surface area contributed by atoms with E-state index in [-0.39, 0.29) is 11.6 Å². The minimum absolute atomic E-state index is 0.222. The lowest BCUT2D eigenvalue weighted by molar-refractivity contribution is -0.114. The first-order valence-electron chi connectivity index (χ1n) is 7.68. The number of ether oxygens (including phenoxy) is 1. The van der Waals surface area contributed by atoms with Gasteiger partial charge in [0.2, 0.25) is 0 Å². The van der Waals surface area contributed by atoms with E-state index in [9.17, 15) is 4.79 Å². The molecule has 0 radical (unpaired) electrons. The van der Waals surface area contributed by atoms with Gasteiger partial charge in [0.25, 0.3) is 5.91 Å². The van der Waals surface area contributed by atoms with Crippen LogP contribution in [0.15, 0.2) is 47.6 Å². The van der Waals surface area contributed by atoms with Gasteiger partial charge in [-0.15, -0.1) is 0 Å². The second-order valence-electron chi connectivity index (χ2n) is 5.42. The molecule has 1 amide bonds. The summed E-state index contributed by atoms with van der Waals surface area (Å²) in [6.07, 6.45) is 0. The number of oxime groups is 1. The molecule has 0 fully saturated rings. The fraction of sp³-hybridized carbons (Fsp3) is 0.263. The third kappa shape index (κ3) is 4.13. The summed E-state index contributed by atoms with van der Waals surface area (Å²) in [5, 5.41) is 6.43. The van der Waals surface area contributed by atoms with Gasteiger partial charge in [0.15, 0.2) is 5.71 Å². The molecule has 0 aliphatic carbocycles. The number of benzene rings is 2. The molecule has 0 atom stereocenters. The van der Waals surface area contributed by atoms with E-state index in [4.69, 9.17) is 9.57 Å². The SMILES string of the molecule is CNC(=O)C(=NOC)c1ccccc1COc1ccc(C)cc1C. The Morgan fingerprint density at radius 2 is 1.92 bits per heavy atom. The fourth-order valence-electron chi connectivity index (χ4n) is 2.42. The molecule has 0 aromatic heterocycles. The Kier molecular flexibility index (Phi) is 5.95. The molecular weight excluding hydrogens is 304 g/mol. The largest absolute Gasteiger partial charge is 0.489 e. The van der Waals surface area contributed by atoms with Crippen molar-refractivity contribution in [1.82, 2.24) is 5.32 Å². The van der Waals surface area contributed by atoms with Crippen LogP contribution in [-0.4, -0.2) is 25.8 Å². The quantitative estimate of drug-likeness (QED) is 0.656. The zero-order chi connectivity index (χ0) is 17.5. The molecule has 5 nitrogen and oxygen atoms in total. The first-order chi connectivity index (χ1) is 11.6. The van der Waals surface area contributed by atoms with Crippen molar-refractivity contribution >= 4 is 11.6 Å². The topological polar surface area (TPSA) is 59.9 Å². The van der Waals surface area contributed by atoms with Crippen LogP contribution >= 0.6 is 0 Å². The monoisotopic (exact) mass is 326 g/mol. The molecule has 5 heteroatoms. The number of carbonyl (C=O) groups is 1. The fourth-order valence-corrected chi connectivity index (χ4v) is 2.42. The van der Waals surface area contributed by atoms with E-state index in [1.165, 1.54) is 12.7 Å². The lowest BCUT2D eigenvalue weighted by Gasteiger charge is -2.13. The molecule has 24 heavy (non-hydrogen) atoms. The van der Waals surface area contributed by atoms with E-state index in [1.807, 2.05) is 50.2 Å². The number of nitrogens with zero attached hydrogens (tertiary/aromatic N) is 1. The van der Waals surface area contributed by atoms with E-state index in [2.05, 4.69) is 16.5 Å². The van der Waals surface area contributed by atoms with Gasteiger partial charge in [-0.1, -0.05) is 47.1 Å². The normalized spacial score (nSPS) is 11.1. The Labute approximate surface area is 142 Å². The van der Waals surface area contributed by atoms with Gasteiger partial charge in [0, 0.05) is 12.6 Å². The zero-order valence-electron chi connectivity index (χ0n) is 14.4. The predicted octanol–water partition coefficient (Wildman–Crippen LogP) is 2.98. The van der Waals surface area contributed by atoms with Gasteiger partial charge < -0.3 is 14.9 Å². The van der Waals surface area contributed by atoms with Crippen molar-refractivity contribution in [2.75, 3.05) is 14.2 Å². The summed E-state index contributed by atoms with van der Waals surface area (Å²) in [6, 6.07) is 13.5. The molecule has 0 aliphatic heterocycles. The molecule has 0 aliphatic rings. The summed E-state index contributed by atoms with van der Waals surface area (Å²) in [5.41, 5.74) is 4.03. The van der Waals surface area contributed by atoms with Crippen LogP contribution < -0.4 is 10.1 Å². The Morgan fingerprint density at radius 3 is 2.58 bits per heavy atom. The molecule has 126 valence electrons. The average molecular weight is 326 g/mol. The summed E-state index contributed by atoms with van der Waals surface area (Å²) in [6.45, 7) is 4.39. The molecule has 2 aromatic carbocycles. The van der Waals surface area contributed by atoms with E-state index in [0.717, 1.165) is 16.9 Å². The summed E-state index contributed by atoms with van der Waals surface area (Å²) < 4.78 is 5.93. The third-order valence-corrected chi connectivity index (χ3v) is 3.61. The second kappa shape index (κ2) is 8.15. The Balaban J connectivity index is 2.28. The van der Waals surface area contributed by atoms with Crippen LogP contribution in [0.3, 0.4) is 0 Å². The maximum absolute atomic E-state index is 12.1. The van der Waals surface area contributed by atoms with Gasteiger partial charge in [0.05, 0.1) is 0 Å². The number of hydrogen-bond acceptors (Lipinski definition) is 4. The molecule has 2 aromatic rings. The Bertz CT molecular complexity index is 754. The maximum Gasteiger partial charge on any atom is 0.273 e. The summed E-state index contributed by atoms with van der Waals surface area (Å²) in [5.74, 6) is 0.511. The lowest BCUT2D eigenvalue weighted by atomic mass is 10.0. The number of rotatable bonds is 6. The zero-order valence-corrected chi connectivity index (χ0v) is 14.4. The van der Waals surface area contributed by atoms with Crippen LogP contribution in [0, 0.1) is 13.8 Å². The molecule has 0 unspecified atom stereocenters. The van der Waals surface area contributed by atoms with E-state index >= 15 is 0 Å². The highest BCUT2D eigenvalue weighted by molar-refractivity contribution is 6.45. The summed E-state index contributed by atoms with van der Waals surface area (Å²) >= 11 is 0. The number of hydrogen-bond donors (Lipinski definition) is 1. The second-order valence-corrected chi connectivity index (χ2v) is 5.42. The smallest absolute Gasteiger partial charge is 0.273 e. The summed E-state index contributed by atoms with van der Waals surface area (Å²) in [7, 11) is 2.97. The van der Waals surface area contributed by atoms with Gasteiger partial charge in [0.1, 0.15) is 19.5 Å². The number of carbonyl (C=O) groups excluding carboxylic acids is 1. The van der Waals surface area contributed by atoms with Crippen LogP contribution in [0.5, 0.6) is 5.75 Å². The molecular formula is C19H22N2O3. The van der Waals surface area contributed by atoms with Crippen LogP contribution in [0.4, 0.5) is 0 Å². The Morgan fingerprint density at radius 1 is 1.17 bits per heavy atom. The first-order valence-corrected chi connectivity index (χ1v) is 7.68. The van der Waals surface area contributed by atoms with Crippen molar-refractivity contribution in [2.24, 2.45) is 5.16 Å². The number of amides is 1. The highest BCUT2D eigenvalue weighted by Crippen LogP contribution is 2.21. The van der Waals surface area contributed by atoms with E-state index < -0.39 is 0 Å². The van der Waals surface area contributed by atoms with E-state index in [0.29, 0.717) is 12.2 Å². The minimum Gasteiger partial charge on any atom is -0.489 e. The van der Waals surface area contributed by atoms with Crippen molar-refractivity contribution in [3.63, 3.8) is 0 Å². The standard InChI is InChI=1S/C19H22N2O3/c1-13-9-10-17(14(2)11-13)24-12-15-7-5-6-8-16(15)18(21-23-4)19(22)20-3/h5-11H,12H2,1-4H3,(H,20,22). The molecule has 0 saturated heterocycles. The van der Waals surface area contributed by atoms with Gasteiger partial charge >= 0.3 is 0 Å². The van der Waals surface area contributed by atoms with Gasteiger partial charge in [-0.3, -0.25) is 4.79 Å². The predicted molar refractivity (Wildman–Crippen MR) is 94.3 cm³/mol. The molecule has 0 bridgehead atoms. The van der Waals surface area contributed by atoms with E-state index in [1.54, 1.807) is 7.05 Å². The molecule has 0 saturated carbocycles. The van der Waals surface area contributed by atoms with Crippen LogP contribution in [0.2, 0.25) is 0 Å². The average Bonchev–Trinajstić information content (AvgIpc) is 2.59. The minimum atomic E-state index is -0.309. The molecule has 1 N–H and O–H groups in total. The number of aryl methyl sites for hydroxylation is 2. The van der Waals surface area contributed by atoms with Crippen molar-refractivity contribution in [3.8, 4) is 5.75 Å². The van der Waals surface area contributed by atoms with Crippen molar-refractivity contribution in [3.05, 3.63) is 64.7 Å². The first kappa shape index (κ1) is 17.5. The number of nitrogens with one attached hydrogen (secondary N) is 1. The van der Waals surface area contributed by atoms with Crippen LogP contribution in [0.25, 0.3) is 0 Å². The van der Waals surface area contributed by atoms with Crippen molar-refractivity contribution in [2.45, 2.75) is 20.5 Å².